The van der Waals surface area contributed by atoms with Gasteiger partial charge in [-0.15, -0.1) is 22.7 Å². The highest BCUT2D eigenvalue weighted by atomic mass is 32.1. The fourth-order valence-corrected chi connectivity index (χ4v) is 4.64. The van der Waals surface area contributed by atoms with E-state index in [2.05, 4.69) is 12.1 Å². The number of nitrogens with zero attached hydrogens (tertiary/aromatic N) is 1. The van der Waals surface area contributed by atoms with E-state index in [1.54, 1.807) is 27.6 Å². The third kappa shape index (κ3) is 2.12. The Balaban J connectivity index is 2.03. The second kappa shape index (κ2) is 5.16. The number of rotatable bonds is 3. The third-order valence-corrected chi connectivity index (χ3v) is 5.99. The first kappa shape index (κ1) is 13.5. The molecule has 2 N–H and O–H groups in total. The van der Waals surface area contributed by atoms with Gasteiger partial charge in [0, 0.05) is 34.4 Å². The summed E-state index contributed by atoms with van der Waals surface area (Å²) < 4.78 is 3.67. The van der Waals surface area contributed by atoms with Crippen LogP contribution < -0.4 is 5.73 Å². The van der Waals surface area contributed by atoms with Crippen molar-refractivity contribution in [1.29, 1.82) is 0 Å². The lowest BCUT2D eigenvalue weighted by Crippen LogP contribution is -2.39. The number of carbonyl (C=O) groups excluding carboxylic acids is 1. The lowest BCUT2D eigenvalue weighted by molar-refractivity contribution is 0.0753. The predicted molar refractivity (Wildman–Crippen MR) is 87.8 cm³/mol. The van der Waals surface area contributed by atoms with Gasteiger partial charge < -0.3 is 10.6 Å². The van der Waals surface area contributed by atoms with Gasteiger partial charge in [-0.1, -0.05) is 18.2 Å². The highest BCUT2D eigenvalue weighted by Gasteiger charge is 2.20. The van der Waals surface area contributed by atoms with Crippen LogP contribution in [0, 0.1) is 0 Å². The summed E-state index contributed by atoms with van der Waals surface area (Å²) in [6.07, 6.45) is 0. The first-order valence-corrected chi connectivity index (χ1v) is 8.13. The fourth-order valence-electron chi connectivity index (χ4n) is 2.14. The minimum absolute atomic E-state index is 0.0550. The van der Waals surface area contributed by atoms with E-state index in [0.717, 1.165) is 4.88 Å². The molecule has 20 heavy (non-hydrogen) atoms. The molecule has 1 unspecified atom stereocenters. The molecule has 104 valence electrons. The van der Waals surface area contributed by atoms with Gasteiger partial charge in [-0.2, -0.15) is 0 Å². The summed E-state index contributed by atoms with van der Waals surface area (Å²) in [5.74, 6) is 0.0560. The number of carbonyl (C=O) groups is 1. The van der Waals surface area contributed by atoms with Crippen molar-refractivity contribution >= 4 is 48.1 Å². The van der Waals surface area contributed by atoms with Crippen molar-refractivity contribution in [3.05, 3.63) is 35.2 Å². The van der Waals surface area contributed by atoms with E-state index in [1.165, 1.54) is 19.5 Å². The molecule has 1 atom stereocenters. The predicted octanol–water partition coefficient (Wildman–Crippen LogP) is 3.54. The van der Waals surface area contributed by atoms with Gasteiger partial charge in [-0.05, 0) is 19.1 Å². The summed E-state index contributed by atoms with van der Waals surface area (Å²) in [6, 6.07) is 10.4. The highest BCUT2D eigenvalue weighted by molar-refractivity contribution is 7.33. The van der Waals surface area contributed by atoms with Crippen molar-refractivity contribution in [3.8, 4) is 0 Å². The number of thiophene rings is 2. The quantitative estimate of drug-likeness (QED) is 0.804. The van der Waals surface area contributed by atoms with E-state index in [-0.39, 0.29) is 11.9 Å². The van der Waals surface area contributed by atoms with Gasteiger partial charge in [-0.25, -0.2) is 0 Å². The van der Waals surface area contributed by atoms with Gasteiger partial charge in [0.05, 0.1) is 9.58 Å². The first-order valence-electron chi connectivity index (χ1n) is 6.50. The maximum absolute atomic E-state index is 12.4. The molecular formula is C15H16N2OS2. The lowest BCUT2D eigenvalue weighted by Gasteiger charge is -2.22. The van der Waals surface area contributed by atoms with Crippen molar-refractivity contribution in [3.63, 3.8) is 0 Å². The number of nitrogens with two attached hydrogens (primary N) is 1. The molecule has 3 aromatic rings. The molecule has 0 aliphatic heterocycles. The SMILES string of the molecule is CC(CN)N(C)C(=O)c1cc2sc3ccccc3c2s1. The zero-order valence-corrected chi connectivity index (χ0v) is 13.1. The lowest BCUT2D eigenvalue weighted by atomic mass is 10.2. The Hall–Kier alpha value is -1.43. The maximum Gasteiger partial charge on any atom is 0.264 e. The molecule has 1 amide bonds. The van der Waals surface area contributed by atoms with Gasteiger partial charge in [0.15, 0.2) is 0 Å². The van der Waals surface area contributed by atoms with E-state index in [9.17, 15) is 4.79 Å². The summed E-state index contributed by atoms with van der Waals surface area (Å²) in [5.41, 5.74) is 5.63. The molecule has 2 aromatic heterocycles. The van der Waals surface area contributed by atoms with Crippen molar-refractivity contribution in [2.24, 2.45) is 5.73 Å². The van der Waals surface area contributed by atoms with Crippen LogP contribution in [-0.4, -0.2) is 30.4 Å². The third-order valence-electron chi connectivity index (χ3n) is 3.58. The second-order valence-corrected chi connectivity index (χ2v) is 7.04. The zero-order valence-electron chi connectivity index (χ0n) is 11.4. The molecule has 2 heterocycles. The van der Waals surface area contributed by atoms with Crippen LogP contribution in [0.1, 0.15) is 16.6 Å². The van der Waals surface area contributed by atoms with Gasteiger partial charge in [0.2, 0.25) is 0 Å². The van der Waals surface area contributed by atoms with E-state index < -0.39 is 0 Å². The van der Waals surface area contributed by atoms with Crippen LogP contribution in [-0.2, 0) is 0 Å². The molecule has 3 nitrogen and oxygen atoms in total. The molecule has 0 saturated carbocycles. The van der Waals surface area contributed by atoms with E-state index in [0.29, 0.717) is 6.54 Å². The van der Waals surface area contributed by atoms with Crippen LogP contribution in [0.25, 0.3) is 19.5 Å². The fraction of sp³-hybridized carbons (Fsp3) is 0.267. The van der Waals surface area contributed by atoms with Crippen LogP contribution in [0.5, 0.6) is 0 Å². The molecule has 0 aliphatic carbocycles. The summed E-state index contributed by atoms with van der Waals surface area (Å²) in [5, 5.41) is 1.24. The molecule has 0 spiro atoms. The standard InChI is InChI=1S/C15H16N2OS2/c1-9(8-16)17(2)15(18)13-7-12-14(20-13)10-5-3-4-6-11(10)19-12/h3-7,9H,8,16H2,1-2H3. The van der Waals surface area contributed by atoms with Crippen molar-refractivity contribution in [2.75, 3.05) is 13.6 Å². The minimum atomic E-state index is 0.0550. The van der Waals surface area contributed by atoms with Crippen LogP contribution >= 0.6 is 22.7 Å². The van der Waals surface area contributed by atoms with Gasteiger partial charge in [-0.3, -0.25) is 4.79 Å². The van der Waals surface area contributed by atoms with E-state index >= 15 is 0 Å². The molecule has 0 saturated heterocycles. The van der Waals surface area contributed by atoms with Crippen molar-refractivity contribution in [2.45, 2.75) is 13.0 Å². The number of hydrogen-bond donors (Lipinski definition) is 1. The Morgan fingerprint density at radius 1 is 1.30 bits per heavy atom. The van der Waals surface area contributed by atoms with Crippen molar-refractivity contribution in [1.82, 2.24) is 4.90 Å². The van der Waals surface area contributed by atoms with E-state index in [1.807, 2.05) is 32.2 Å². The summed E-state index contributed by atoms with van der Waals surface area (Å²) in [7, 11) is 1.81. The Morgan fingerprint density at radius 3 is 2.80 bits per heavy atom. The smallest absolute Gasteiger partial charge is 0.264 e. The largest absolute Gasteiger partial charge is 0.337 e. The van der Waals surface area contributed by atoms with Crippen molar-refractivity contribution < 1.29 is 4.79 Å². The monoisotopic (exact) mass is 304 g/mol. The zero-order chi connectivity index (χ0) is 14.3. The number of likely N-dealkylation sites (N-methyl/N-ethyl adjacent to an activating group) is 1. The molecule has 1 aromatic carbocycles. The molecule has 5 heteroatoms. The number of benzene rings is 1. The van der Waals surface area contributed by atoms with E-state index in [4.69, 9.17) is 5.73 Å². The maximum atomic E-state index is 12.4. The van der Waals surface area contributed by atoms with Crippen LogP contribution in [0.4, 0.5) is 0 Å². The number of hydrogen-bond acceptors (Lipinski definition) is 4. The van der Waals surface area contributed by atoms with Crippen LogP contribution in [0.3, 0.4) is 0 Å². The summed E-state index contributed by atoms with van der Waals surface area (Å²) >= 11 is 3.32. The Labute approximate surface area is 125 Å². The number of amides is 1. The average molecular weight is 304 g/mol. The Kier molecular flexibility index (Phi) is 3.50. The summed E-state index contributed by atoms with van der Waals surface area (Å²) in [4.78, 5) is 14.9. The van der Waals surface area contributed by atoms with Crippen LogP contribution in [0.15, 0.2) is 30.3 Å². The Morgan fingerprint density at radius 2 is 2.05 bits per heavy atom. The second-order valence-electron chi connectivity index (χ2n) is 4.90. The topological polar surface area (TPSA) is 46.3 Å². The van der Waals surface area contributed by atoms with Gasteiger partial charge in [0.25, 0.3) is 5.91 Å². The van der Waals surface area contributed by atoms with Crippen LogP contribution in [0.2, 0.25) is 0 Å². The average Bonchev–Trinajstić information content (AvgIpc) is 3.02. The minimum Gasteiger partial charge on any atom is -0.337 e. The normalized spacial score (nSPS) is 12.9. The molecule has 0 bridgehead atoms. The summed E-state index contributed by atoms with van der Waals surface area (Å²) in [6.45, 7) is 2.44. The van der Waals surface area contributed by atoms with Gasteiger partial charge >= 0.3 is 0 Å². The van der Waals surface area contributed by atoms with Gasteiger partial charge in [0.1, 0.15) is 0 Å². The molecular weight excluding hydrogens is 288 g/mol. The molecule has 3 rings (SSSR count). The number of fused-ring (bicyclic) bond motifs is 3. The highest BCUT2D eigenvalue weighted by Crippen LogP contribution is 2.39. The Bertz CT molecular complexity index is 774. The molecule has 0 radical (unpaired) electrons. The molecule has 0 aliphatic rings. The first-order chi connectivity index (χ1) is 9.61. The molecule has 0 fully saturated rings.